The zero-order valence-corrected chi connectivity index (χ0v) is 10.2. The molecule has 16 heavy (non-hydrogen) atoms. The van der Waals surface area contributed by atoms with Crippen molar-refractivity contribution in [2.45, 2.75) is 57.9 Å². The van der Waals surface area contributed by atoms with Crippen LogP contribution < -0.4 is 5.32 Å². The van der Waals surface area contributed by atoms with Gasteiger partial charge in [0.1, 0.15) is 0 Å². The third kappa shape index (κ3) is 3.04. The molecule has 1 aromatic heterocycles. The lowest BCUT2D eigenvalue weighted by atomic mass is 10.1. The molecule has 1 fully saturated rings. The summed E-state index contributed by atoms with van der Waals surface area (Å²) in [6.07, 6.45) is 5.87. The molecule has 1 heterocycles. The van der Waals surface area contributed by atoms with Gasteiger partial charge in [0, 0.05) is 24.9 Å². The van der Waals surface area contributed by atoms with Crippen molar-refractivity contribution >= 4 is 0 Å². The number of rotatable bonds is 5. The van der Waals surface area contributed by atoms with Gasteiger partial charge in [-0.15, -0.1) is 10.2 Å². The minimum Gasteiger partial charge on any atom is -0.425 e. The highest BCUT2D eigenvalue weighted by Crippen LogP contribution is 2.32. The molecule has 4 heteroatoms. The standard InChI is InChI=1S/C12H21N3O/c1-9(2)13-8-7-11-14-15-12(16-11)10-5-3-4-6-10/h9-10,13H,3-8H2,1-2H3. The summed E-state index contributed by atoms with van der Waals surface area (Å²) in [5.41, 5.74) is 0. The Kier molecular flexibility index (Phi) is 3.93. The normalized spacial score (nSPS) is 17.4. The predicted octanol–water partition coefficient (Wildman–Crippen LogP) is 2.27. The molecule has 0 unspecified atom stereocenters. The lowest BCUT2D eigenvalue weighted by Crippen LogP contribution is -2.25. The highest BCUT2D eigenvalue weighted by atomic mass is 16.4. The minimum absolute atomic E-state index is 0.511. The maximum atomic E-state index is 5.69. The van der Waals surface area contributed by atoms with Gasteiger partial charge in [-0.3, -0.25) is 0 Å². The van der Waals surface area contributed by atoms with Crippen LogP contribution in [0.25, 0.3) is 0 Å². The van der Waals surface area contributed by atoms with Gasteiger partial charge in [0.15, 0.2) is 0 Å². The van der Waals surface area contributed by atoms with Crippen LogP contribution in [0.2, 0.25) is 0 Å². The average Bonchev–Trinajstić information content (AvgIpc) is 2.85. The average molecular weight is 223 g/mol. The second-order valence-corrected chi connectivity index (χ2v) is 4.87. The monoisotopic (exact) mass is 223 g/mol. The van der Waals surface area contributed by atoms with Gasteiger partial charge in [-0.25, -0.2) is 0 Å². The van der Waals surface area contributed by atoms with Crippen molar-refractivity contribution in [3.63, 3.8) is 0 Å². The molecule has 1 saturated carbocycles. The maximum Gasteiger partial charge on any atom is 0.219 e. The number of hydrogen-bond acceptors (Lipinski definition) is 4. The number of aromatic nitrogens is 2. The summed E-state index contributed by atoms with van der Waals surface area (Å²) in [5, 5.41) is 11.6. The Morgan fingerprint density at radius 2 is 2.06 bits per heavy atom. The van der Waals surface area contributed by atoms with Gasteiger partial charge < -0.3 is 9.73 Å². The first-order valence-corrected chi connectivity index (χ1v) is 6.31. The van der Waals surface area contributed by atoms with Gasteiger partial charge in [-0.2, -0.15) is 0 Å². The van der Waals surface area contributed by atoms with Gasteiger partial charge in [-0.1, -0.05) is 26.7 Å². The molecule has 0 radical (unpaired) electrons. The van der Waals surface area contributed by atoms with Crippen molar-refractivity contribution < 1.29 is 4.42 Å². The highest BCUT2D eigenvalue weighted by Gasteiger charge is 2.22. The van der Waals surface area contributed by atoms with Gasteiger partial charge in [0.2, 0.25) is 11.8 Å². The van der Waals surface area contributed by atoms with E-state index in [2.05, 4.69) is 29.4 Å². The van der Waals surface area contributed by atoms with Crippen molar-refractivity contribution in [3.8, 4) is 0 Å². The third-order valence-corrected chi connectivity index (χ3v) is 3.08. The number of hydrogen-bond donors (Lipinski definition) is 1. The fraction of sp³-hybridized carbons (Fsp3) is 0.833. The van der Waals surface area contributed by atoms with Gasteiger partial charge in [0.05, 0.1) is 0 Å². The largest absolute Gasteiger partial charge is 0.425 e. The van der Waals surface area contributed by atoms with E-state index in [-0.39, 0.29) is 0 Å². The fourth-order valence-corrected chi connectivity index (χ4v) is 2.17. The van der Waals surface area contributed by atoms with Crippen LogP contribution in [0.4, 0.5) is 0 Å². The van der Waals surface area contributed by atoms with E-state index >= 15 is 0 Å². The van der Waals surface area contributed by atoms with Gasteiger partial charge in [-0.05, 0) is 12.8 Å². The Hall–Kier alpha value is -0.900. The van der Waals surface area contributed by atoms with Crippen LogP contribution in [0.5, 0.6) is 0 Å². The van der Waals surface area contributed by atoms with E-state index in [1.54, 1.807) is 0 Å². The molecule has 0 bridgehead atoms. The van der Waals surface area contributed by atoms with Crippen LogP contribution in [0, 0.1) is 0 Å². The SMILES string of the molecule is CC(C)NCCc1nnc(C2CCCC2)o1. The predicted molar refractivity (Wildman–Crippen MR) is 62.3 cm³/mol. The molecule has 0 amide bonds. The van der Waals surface area contributed by atoms with Crippen LogP contribution in [0.15, 0.2) is 4.42 Å². The Labute approximate surface area is 96.8 Å². The van der Waals surface area contributed by atoms with E-state index in [4.69, 9.17) is 4.42 Å². The van der Waals surface area contributed by atoms with Crippen molar-refractivity contribution in [1.29, 1.82) is 0 Å². The second-order valence-electron chi connectivity index (χ2n) is 4.87. The summed E-state index contributed by atoms with van der Waals surface area (Å²) in [4.78, 5) is 0. The van der Waals surface area contributed by atoms with Gasteiger partial charge >= 0.3 is 0 Å². The van der Waals surface area contributed by atoms with E-state index in [0.717, 1.165) is 24.7 Å². The number of nitrogens with one attached hydrogen (secondary N) is 1. The summed E-state index contributed by atoms with van der Waals surface area (Å²) >= 11 is 0. The van der Waals surface area contributed by atoms with Crippen molar-refractivity contribution in [2.75, 3.05) is 6.54 Å². The van der Waals surface area contributed by atoms with Crippen molar-refractivity contribution in [2.24, 2.45) is 0 Å². The molecule has 0 aliphatic heterocycles. The summed E-state index contributed by atoms with van der Waals surface area (Å²) in [6, 6.07) is 0.511. The van der Waals surface area contributed by atoms with E-state index in [1.807, 2.05) is 0 Å². The zero-order valence-electron chi connectivity index (χ0n) is 10.2. The first-order chi connectivity index (χ1) is 7.75. The molecule has 0 aromatic carbocycles. The molecule has 1 N–H and O–H groups in total. The lowest BCUT2D eigenvalue weighted by Gasteiger charge is -2.05. The van der Waals surface area contributed by atoms with E-state index in [1.165, 1.54) is 25.7 Å². The smallest absolute Gasteiger partial charge is 0.219 e. The zero-order chi connectivity index (χ0) is 11.4. The Bertz CT molecular complexity index is 316. The van der Waals surface area contributed by atoms with Crippen LogP contribution >= 0.6 is 0 Å². The molecule has 4 nitrogen and oxygen atoms in total. The summed E-state index contributed by atoms with van der Waals surface area (Å²) < 4.78 is 5.69. The second kappa shape index (κ2) is 5.43. The van der Waals surface area contributed by atoms with Crippen LogP contribution in [-0.2, 0) is 6.42 Å². The summed E-state index contributed by atoms with van der Waals surface area (Å²) in [7, 11) is 0. The fourth-order valence-electron chi connectivity index (χ4n) is 2.17. The van der Waals surface area contributed by atoms with E-state index < -0.39 is 0 Å². The maximum absolute atomic E-state index is 5.69. The van der Waals surface area contributed by atoms with Crippen LogP contribution in [-0.4, -0.2) is 22.8 Å². The van der Waals surface area contributed by atoms with E-state index in [9.17, 15) is 0 Å². The molecule has 2 rings (SSSR count). The lowest BCUT2D eigenvalue weighted by molar-refractivity contribution is 0.410. The Morgan fingerprint density at radius 1 is 1.31 bits per heavy atom. The van der Waals surface area contributed by atoms with Crippen molar-refractivity contribution in [3.05, 3.63) is 11.8 Å². The third-order valence-electron chi connectivity index (χ3n) is 3.08. The number of nitrogens with zero attached hydrogens (tertiary/aromatic N) is 2. The highest BCUT2D eigenvalue weighted by molar-refractivity contribution is 4.94. The van der Waals surface area contributed by atoms with Crippen LogP contribution in [0.3, 0.4) is 0 Å². The first kappa shape index (κ1) is 11.6. The summed E-state index contributed by atoms with van der Waals surface area (Å²) in [5.74, 6) is 2.16. The molecule has 0 spiro atoms. The van der Waals surface area contributed by atoms with Crippen LogP contribution in [0.1, 0.15) is 57.2 Å². The minimum atomic E-state index is 0.511. The molecule has 1 aliphatic rings. The molecule has 1 aromatic rings. The molecule has 0 atom stereocenters. The molecular formula is C12H21N3O. The molecular weight excluding hydrogens is 202 g/mol. The summed E-state index contributed by atoms with van der Waals surface area (Å²) in [6.45, 7) is 5.18. The Balaban J connectivity index is 1.82. The molecule has 90 valence electrons. The van der Waals surface area contributed by atoms with E-state index in [0.29, 0.717) is 12.0 Å². The molecule has 0 saturated heterocycles. The first-order valence-electron chi connectivity index (χ1n) is 6.31. The van der Waals surface area contributed by atoms with Crippen molar-refractivity contribution in [1.82, 2.24) is 15.5 Å². The molecule has 1 aliphatic carbocycles. The van der Waals surface area contributed by atoms with Gasteiger partial charge in [0.25, 0.3) is 0 Å². The quantitative estimate of drug-likeness (QED) is 0.832. The Morgan fingerprint density at radius 3 is 2.75 bits per heavy atom. The topological polar surface area (TPSA) is 51.0 Å².